The Hall–Kier alpha value is -0.120. The lowest BCUT2D eigenvalue weighted by molar-refractivity contribution is 0.177. The molecule has 1 aliphatic rings. The third kappa shape index (κ3) is 4.07. The van der Waals surface area contributed by atoms with Gasteiger partial charge in [-0.05, 0) is 44.2 Å². The average Bonchev–Trinajstić information content (AvgIpc) is 2.51. The molecule has 0 heterocycles. The van der Waals surface area contributed by atoms with Gasteiger partial charge in [0.1, 0.15) is 0 Å². The minimum Gasteiger partial charge on any atom is -0.396 e. The Labute approximate surface area is 80.2 Å². The Morgan fingerprint density at radius 2 is 2.23 bits per heavy atom. The van der Waals surface area contributed by atoms with E-state index in [9.17, 15) is 5.11 Å². The summed E-state index contributed by atoms with van der Waals surface area (Å²) in [5.74, 6) is 0.979. The van der Waals surface area contributed by atoms with E-state index in [-0.39, 0.29) is 12.7 Å². The smallest absolute Gasteiger partial charge is 0.0543 e. The van der Waals surface area contributed by atoms with E-state index in [4.69, 9.17) is 5.11 Å². The largest absolute Gasteiger partial charge is 0.396 e. The number of hydrogen-bond donors (Lipinski definition) is 3. The van der Waals surface area contributed by atoms with Gasteiger partial charge in [0.15, 0.2) is 0 Å². The van der Waals surface area contributed by atoms with Crippen molar-refractivity contribution in [2.24, 2.45) is 11.8 Å². The van der Waals surface area contributed by atoms with Gasteiger partial charge >= 0.3 is 0 Å². The first-order valence-electron chi connectivity index (χ1n) is 5.22. The van der Waals surface area contributed by atoms with E-state index in [1.54, 1.807) is 0 Å². The van der Waals surface area contributed by atoms with Gasteiger partial charge in [-0.25, -0.2) is 0 Å². The first-order chi connectivity index (χ1) is 6.22. The van der Waals surface area contributed by atoms with Crippen molar-refractivity contribution in [3.63, 3.8) is 0 Å². The lowest BCUT2D eigenvalue weighted by Crippen LogP contribution is -2.27. The standard InChI is InChI=1S/C10H21NO2/c1-8(7-12)5-11-6-9-2-3-10(13)4-9/h8-13H,2-7H2,1H3. The molecule has 78 valence electrons. The molecule has 1 rings (SSSR count). The van der Waals surface area contributed by atoms with Crippen LogP contribution in [0.3, 0.4) is 0 Å². The van der Waals surface area contributed by atoms with E-state index >= 15 is 0 Å². The molecule has 3 atom stereocenters. The van der Waals surface area contributed by atoms with Crippen molar-refractivity contribution in [1.29, 1.82) is 0 Å². The van der Waals surface area contributed by atoms with Crippen molar-refractivity contribution in [3.8, 4) is 0 Å². The van der Waals surface area contributed by atoms with Crippen LogP contribution in [0, 0.1) is 11.8 Å². The van der Waals surface area contributed by atoms with Crippen molar-refractivity contribution >= 4 is 0 Å². The fraction of sp³-hybridized carbons (Fsp3) is 1.00. The second-order valence-corrected chi connectivity index (χ2v) is 4.28. The fourth-order valence-electron chi connectivity index (χ4n) is 1.83. The Kier molecular flexibility index (Phi) is 4.70. The zero-order valence-electron chi connectivity index (χ0n) is 8.37. The predicted molar refractivity (Wildman–Crippen MR) is 52.5 cm³/mol. The molecule has 3 N–H and O–H groups in total. The summed E-state index contributed by atoms with van der Waals surface area (Å²) >= 11 is 0. The summed E-state index contributed by atoms with van der Waals surface area (Å²) in [4.78, 5) is 0. The van der Waals surface area contributed by atoms with Crippen LogP contribution in [-0.2, 0) is 0 Å². The number of aliphatic hydroxyl groups is 2. The molecule has 3 unspecified atom stereocenters. The van der Waals surface area contributed by atoms with Crippen LogP contribution in [0.5, 0.6) is 0 Å². The molecule has 13 heavy (non-hydrogen) atoms. The molecule has 3 nitrogen and oxygen atoms in total. The van der Waals surface area contributed by atoms with Gasteiger partial charge in [-0.2, -0.15) is 0 Å². The third-order valence-electron chi connectivity index (χ3n) is 2.75. The van der Waals surface area contributed by atoms with Crippen molar-refractivity contribution < 1.29 is 10.2 Å². The van der Waals surface area contributed by atoms with Crippen molar-refractivity contribution in [2.45, 2.75) is 32.3 Å². The molecule has 0 bridgehead atoms. The Bertz CT molecular complexity index is 141. The Morgan fingerprint density at radius 3 is 2.77 bits per heavy atom. The van der Waals surface area contributed by atoms with Crippen molar-refractivity contribution in [1.82, 2.24) is 5.32 Å². The second kappa shape index (κ2) is 5.58. The minimum atomic E-state index is -0.0675. The monoisotopic (exact) mass is 187 g/mol. The molecule has 1 saturated carbocycles. The molecular formula is C10H21NO2. The molecule has 3 heteroatoms. The van der Waals surface area contributed by atoms with E-state index in [1.807, 2.05) is 6.92 Å². The summed E-state index contributed by atoms with van der Waals surface area (Å²) in [7, 11) is 0. The summed E-state index contributed by atoms with van der Waals surface area (Å²) in [6.07, 6.45) is 2.98. The van der Waals surface area contributed by atoms with Crippen LogP contribution in [0.2, 0.25) is 0 Å². The van der Waals surface area contributed by atoms with Crippen molar-refractivity contribution in [3.05, 3.63) is 0 Å². The summed E-state index contributed by atoms with van der Waals surface area (Å²) in [5, 5.41) is 21.4. The molecule has 0 amide bonds. The Morgan fingerprint density at radius 1 is 1.46 bits per heavy atom. The molecular weight excluding hydrogens is 166 g/mol. The zero-order valence-corrected chi connectivity index (χ0v) is 8.37. The summed E-state index contributed by atoms with van der Waals surface area (Å²) in [6.45, 7) is 4.14. The SMILES string of the molecule is CC(CO)CNCC1CCC(O)C1. The molecule has 1 fully saturated rings. The highest BCUT2D eigenvalue weighted by atomic mass is 16.3. The van der Waals surface area contributed by atoms with Crippen LogP contribution in [0.25, 0.3) is 0 Å². The highest BCUT2D eigenvalue weighted by molar-refractivity contribution is 4.76. The molecule has 0 aliphatic heterocycles. The molecule has 0 spiro atoms. The van der Waals surface area contributed by atoms with Crippen LogP contribution in [0.4, 0.5) is 0 Å². The lowest BCUT2D eigenvalue weighted by Gasteiger charge is -2.13. The van der Waals surface area contributed by atoms with Crippen LogP contribution in [0.15, 0.2) is 0 Å². The predicted octanol–water partition coefficient (Wildman–Crippen LogP) is 0.365. The van der Waals surface area contributed by atoms with Crippen LogP contribution in [-0.4, -0.2) is 36.0 Å². The van der Waals surface area contributed by atoms with Gasteiger partial charge in [-0.15, -0.1) is 0 Å². The summed E-state index contributed by atoms with van der Waals surface area (Å²) in [5.41, 5.74) is 0. The van der Waals surface area contributed by atoms with Gasteiger partial charge in [-0.3, -0.25) is 0 Å². The maximum Gasteiger partial charge on any atom is 0.0543 e. The van der Waals surface area contributed by atoms with Gasteiger partial charge < -0.3 is 15.5 Å². The van der Waals surface area contributed by atoms with Crippen LogP contribution < -0.4 is 5.32 Å². The maximum absolute atomic E-state index is 9.29. The highest BCUT2D eigenvalue weighted by Crippen LogP contribution is 2.24. The molecule has 1 aliphatic carbocycles. The average molecular weight is 187 g/mol. The Balaban J connectivity index is 2.00. The maximum atomic E-state index is 9.29. The molecule has 0 aromatic carbocycles. The highest BCUT2D eigenvalue weighted by Gasteiger charge is 2.22. The van der Waals surface area contributed by atoms with Gasteiger partial charge in [0.25, 0.3) is 0 Å². The van der Waals surface area contributed by atoms with Gasteiger partial charge in [0.05, 0.1) is 6.10 Å². The molecule has 0 aromatic rings. The van der Waals surface area contributed by atoms with E-state index in [1.165, 1.54) is 0 Å². The first-order valence-corrected chi connectivity index (χ1v) is 5.22. The molecule has 0 saturated heterocycles. The lowest BCUT2D eigenvalue weighted by atomic mass is 10.1. The fourth-order valence-corrected chi connectivity index (χ4v) is 1.83. The molecule has 0 aromatic heterocycles. The third-order valence-corrected chi connectivity index (χ3v) is 2.75. The topological polar surface area (TPSA) is 52.5 Å². The van der Waals surface area contributed by atoms with E-state index < -0.39 is 0 Å². The summed E-state index contributed by atoms with van der Waals surface area (Å²) < 4.78 is 0. The zero-order chi connectivity index (χ0) is 9.68. The van der Waals surface area contributed by atoms with Gasteiger partial charge in [0, 0.05) is 6.61 Å². The van der Waals surface area contributed by atoms with E-state index in [0.717, 1.165) is 32.4 Å². The van der Waals surface area contributed by atoms with Gasteiger partial charge in [0.2, 0.25) is 0 Å². The second-order valence-electron chi connectivity index (χ2n) is 4.28. The first kappa shape index (κ1) is 11.0. The van der Waals surface area contributed by atoms with Crippen molar-refractivity contribution in [2.75, 3.05) is 19.7 Å². The minimum absolute atomic E-state index is 0.0675. The molecule has 0 radical (unpaired) electrons. The number of hydrogen-bond acceptors (Lipinski definition) is 3. The number of nitrogens with one attached hydrogen (secondary N) is 1. The van der Waals surface area contributed by atoms with E-state index in [2.05, 4.69) is 5.32 Å². The van der Waals surface area contributed by atoms with E-state index in [0.29, 0.717) is 11.8 Å². The number of rotatable bonds is 5. The quantitative estimate of drug-likeness (QED) is 0.582. The normalized spacial score (nSPS) is 30.7. The number of aliphatic hydroxyl groups excluding tert-OH is 2. The van der Waals surface area contributed by atoms with Crippen LogP contribution >= 0.6 is 0 Å². The van der Waals surface area contributed by atoms with Crippen LogP contribution in [0.1, 0.15) is 26.2 Å². The summed E-state index contributed by atoms with van der Waals surface area (Å²) in [6, 6.07) is 0. The van der Waals surface area contributed by atoms with Gasteiger partial charge in [-0.1, -0.05) is 6.92 Å².